The van der Waals surface area contributed by atoms with Crippen molar-refractivity contribution in [3.8, 4) is 0 Å². The minimum Gasteiger partial charge on any atom is -0.480 e. The summed E-state index contributed by atoms with van der Waals surface area (Å²) in [6, 6.07) is -2.59. The molecule has 0 aliphatic rings. The third-order valence-corrected chi connectivity index (χ3v) is 2.44. The Morgan fingerprint density at radius 3 is 2.11 bits per heavy atom. The van der Waals surface area contributed by atoms with Crippen molar-refractivity contribution < 1.29 is 19.5 Å². The summed E-state index contributed by atoms with van der Waals surface area (Å²) in [6.45, 7) is 5.29. The minimum atomic E-state index is -1.09. The number of amides is 3. The predicted molar refractivity (Wildman–Crippen MR) is 65.8 cm³/mol. The molecule has 0 saturated heterocycles. The Kier molecular flexibility index (Phi) is 6.77. The summed E-state index contributed by atoms with van der Waals surface area (Å²) in [6.07, 6.45) is 0.968. The number of nitrogens with two attached hydrogens (primary N) is 1. The highest BCUT2D eigenvalue weighted by Gasteiger charge is 2.27. The molecule has 0 aliphatic heterocycles. The van der Waals surface area contributed by atoms with Gasteiger partial charge in [-0.3, -0.25) is 4.79 Å². The number of hydrogen-bond donors (Lipinski definition) is 4. The van der Waals surface area contributed by atoms with Gasteiger partial charge in [0, 0.05) is 0 Å². The largest absolute Gasteiger partial charge is 0.480 e. The Morgan fingerprint density at radius 2 is 1.78 bits per heavy atom. The van der Waals surface area contributed by atoms with Crippen LogP contribution < -0.4 is 16.4 Å². The van der Waals surface area contributed by atoms with Gasteiger partial charge >= 0.3 is 12.0 Å². The Bertz CT molecular complexity index is 317. The van der Waals surface area contributed by atoms with Crippen LogP contribution in [-0.2, 0) is 9.59 Å². The number of carbonyl (C=O) groups excluding carboxylic acids is 2. The molecule has 5 N–H and O–H groups in total. The van der Waals surface area contributed by atoms with Gasteiger partial charge in [-0.2, -0.15) is 0 Å². The summed E-state index contributed by atoms with van der Waals surface area (Å²) in [5.74, 6) is -1.81. The fraction of sp³-hybridized carbons (Fsp3) is 0.727. The van der Waals surface area contributed by atoms with E-state index in [4.69, 9.17) is 10.8 Å². The van der Waals surface area contributed by atoms with Crippen molar-refractivity contribution in [1.82, 2.24) is 10.6 Å². The van der Waals surface area contributed by atoms with E-state index in [1.165, 1.54) is 0 Å². The lowest BCUT2D eigenvalue weighted by atomic mass is 10.0. The molecule has 104 valence electrons. The van der Waals surface area contributed by atoms with Crippen molar-refractivity contribution in [1.29, 1.82) is 0 Å². The molecule has 2 atom stereocenters. The highest BCUT2D eigenvalue weighted by Crippen LogP contribution is 2.04. The van der Waals surface area contributed by atoms with Gasteiger partial charge in [-0.25, -0.2) is 9.59 Å². The van der Waals surface area contributed by atoms with E-state index in [1.807, 2.05) is 6.92 Å². The van der Waals surface area contributed by atoms with Crippen LogP contribution in [0.5, 0.6) is 0 Å². The first-order chi connectivity index (χ1) is 8.29. The zero-order valence-corrected chi connectivity index (χ0v) is 10.9. The first kappa shape index (κ1) is 16.2. The Balaban J connectivity index is 4.66. The number of carboxylic acids is 1. The highest BCUT2D eigenvalue weighted by atomic mass is 16.4. The SMILES string of the molecule is CCCC(NC(=O)C(NC(N)=O)C(C)C)C(=O)O. The third-order valence-electron chi connectivity index (χ3n) is 2.44. The van der Waals surface area contributed by atoms with Crippen LogP contribution in [-0.4, -0.2) is 35.1 Å². The standard InChI is InChI=1S/C11H21N3O4/c1-4-5-7(10(16)17)13-9(15)8(6(2)3)14-11(12)18/h6-8H,4-5H2,1-3H3,(H,13,15)(H,16,17)(H3,12,14,18). The van der Waals surface area contributed by atoms with Crippen molar-refractivity contribution in [3.63, 3.8) is 0 Å². The lowest BCUT2D eigenvalue weighted by Crippen LogP contribution is -2.54. The van der Waals surface area contributed by atoms with Crippen LogP contribution in [0.1, 0.15) is 33.6 Å². The van der Waals surface area contributed by atoms with E-state index < -0.39 is 30.0 Å². The van der Waals surface area contributed by atoms with Gasteiger partial charge in [0.05, 0.1) is 0 Å². The van der Waals surface area contributed by atoms with E-state index in [2.05, 4.69) is 10.6 Å². The quantitative estimate of drug-likeness (QED) is 0.516. The Hall–Kier alpha value is -1.79. The maximum Gasteiger partial charge on any atom is 0.326 e. The topological polar surface area (TPSA) is 122 Å². The van der Waals surface area contributed by atoms with Crippen molar-refractivity contribution in [2.75, 3.05) is 0 Å². The lowest BCUT2D eigenvalue weighted by molar-refractivity contribution is -0.142. The molecule has 0 bridgehead atoms. The maximum atomic E-state index is 11.9. The molecule has 0 heterocycles. The highest BCUT2D eigenvalue weighted by molar-refractivity contribution is 5.89. The molecule has 0 radical (unpaired) electrons. The number of carboxylic acid groups (broad SMARTS) is 1. The van der Waals surface area contributed by atoms with Gasteiger partial charge in [0.25, 0.3) is 0 Å². The lowest BCUT2D eigenvalue weighted by Gasteiger charge is -2.23. The van der Waals surface area contributed by atoms with Crippen LogP contribution in [0.4, 0.5) is 4.79 Å². The van der Waals surface area contributed by atoms with Gasteiger partial charge in [0.15, 0.2) is 0 Å². The second-order valence-electron chi connectivity index (χ2n) is 4.42. The molecule has 0 saturated carbocycles. The molecule has 0 fully saturated rings. The molecule has 2 unspecified atom stereocenters. The average molecular weight is 259 g/mol. The third kappa shape index (κ3) is 5.51. The molecule has 18 heavy (non-hydrogen) atoms. The fourth-order valence-electron chi connectivity index (χ4n) is 1.50. The first-order valence-electron chi connectivity index (χ1n) is 5.88. The maximum absolute atomic E-state index is 11.9. The van der Waals surface area contributed by atoms with Crippen LogP contribution >= 0.6 is 0 Å². The van der Waals surface area contributed by atoms with Crippen molar-refractivity contribution in [2.24, 2.45) is 11.7 Å². The fourth-order valence-corrected chi connectivity index (χ4v) is 1.50. The molecular weight excluding hydrogens is 238 g/mol. The van der Waals surface area contributed by atoms with E-state index in [1.54, 1.807) is 13.8 Å². The van der Waals surface area contributed by atoms with Gasteiger partial charge in [-0.05, 0) is 12.3 Å². The molecule has 0 aromatic heterocycles. The monoisotopic (exact) mass is 259 g/mol. The van der Waals surface area contributed by atoms with Crippen molar-refractivity contribution >= 4 is 17.9 Å². The van der Waals surface area contributed by atoms with Crippen molar-refractivity contribution in [3.05, 3.63) is 0 Å². The van der Waals surface area contributed by atoms with Crippen LogP contribution in [0.15, 0.2) is 0 Å². The zero-order chi connectivity index (χ0) is 14.3. The average Bonchev–Trinajstić information content (AvgIpc) is 2.24. The predicted octanol–water partition coefficient (Wildman–Crippen LogP) is 0.0488. The van der Waals surface area contributed by atoms with Crippen LogP contribution in [0, 0.1) is 5.92 Å². The molecule has 0 rings (SSSR count). The number of aliphatic carboxylic acids is 1. The summed E-state index contributed by atoms with van der Waals surface area (Å²) in [5, 5.41) is 13.6. The first-order valence-corrected chi connectivity index (χ1v) is 5.88. The Morgan fingerprint density at radius 1 is 1.22 bits per heavy atom. The minimum absolute atomic E-state index is 0.187. The van der Waals surface area contributed by atoms with Gasteiger partial charge in [-0.15, -0.1) is 0 Å². The molecule has 0 spiro atoms. The second-order valence-corrected chi connectivity index (χ2v) is 4.42. The number of rotatable bonds is 7. The number of hydrogen-bond acceptors (Lipinski definition) is 3. The van der Waals surface area contributed by atoms with E-state index >= 15 is 0 Å². The van der Waals surface area contributed by atoms with Gasteiger partial charge < -0.3 is 21.5 Å². The van der Waals surface area contributed by atoms with E-state index in [0.717, 1.165) is 0 Å². The molecular formula is C11H21N3O4. The van der Waals surface area contributed by atoms with E-state index in [0.29, 0.717) is 12.8 Å². The smallest absolute Gasteiger partial charge is 0.326 e. The van der Waals surface area contributed by atoms with Gasteiger partial charge in [-0.1, -0.05) is 27.2 Å². The van der Waals surface area contributed by atoms with Crippen LogP contribution in [0.3, 0.4) is 0 Å². The molecule has 0 aromatic carbocycles. The van der Waals surface area contributed by atoms with Crippen LogP contribution in [0.2, 0.25) is 0 Å². The molecule has 0 aliphatic carbocycles. The Labute approximate surface area is 106 Å². The molecule has 0 aromatic rings. The summed E-state index contributed by atoms with van der Waals surface area (Å²) in [7, 11) is 0. The number of urea groups is 1. The van der Waals surface area contributed by atoms with E-state index in [9.17, 15) is 14.4 Å². The molecule has 7 nitrogen and oxygen atoms in total. The van der Waals surface area contributed by atoms with Gasteiger partial charge in [0.1, 0.15) is 12.1 Å². The summed E-state index contributed by atoms with van der Waals surface area (Å²) in [4.78, 5) is 33.6. The van der Waals surface area contributed by atoms with Crippen molar-refractivity contribution in [2.45, 2.75) is 45.7 Å². The summed E-state index contributed by atoms with van der Waals surface area (Å²) < 4.78 is 0. The van der Waals surface area contributed by atoms with Crippen LogP contribution in [0.25, 0.3) is 0 Å². The summed E-state index contributed by atoms with van der Waals surface area (Å²) in [5.41, 5.74) is 4.97. The number of primary amides is 1. The molecule has 3 amide bonds. The molecule has 7 heteroatoms. The number of nitrogens with one attached hydrogen (secondary N) is 2. The number of carbonyl (C=O) groups is 3. The second kappa shape index (κ2) is 7.52. The van der Waals surface area contributed by atoms with E-state index in [-0.39, 0.29) is 5.92 Å². The summed E-state index contributed by atoms with van der Waals surface area (Å²) >= 11 is 0. The normalized spacial score (nSPS) is 13.8. The zero-order valence-electron chi connectivity index (χ0n) is 10.9. The van der Waals surface area contributed by atoms with Gasteiger partial charge in [0.2, 0.25) is 5.91 Å².